The van der Waals surface area contributed by atoms with E-state index in [2.05, 4.69) is 12.6 Å². The van der Waals surface area contributed by atoms with Crippen LogP contribution in [-0.4, -0.2) is 56.6 Å². The Morgan fingerprint density at radius 1 is 1.20 bits per heavy atom. The largest absolute Gasteiger partial charge is 0.379 e. The van der Waals surface area contributed by atoms with Gasteiger partial charge in [-0.25, -0.2) is 0 Å². The van der Waals surface area contributed by atoms with E-state index in [4.69, 9.17) is 9.47 Å². The number of carbonyl (C=O) groups is 1. The molecule has 0 bridgehead atoms. The van der Waals surface area contributed by atoms with Gasteiger partial charge in [0.25, 0.3) is 0 Å². The molecule has 15 heavy (non-hydrogen) atoms. The summed E-state index contributed by atoms with van der Waals surface area (Å²) in [5, 5.41) is 0. The second kappa shape index (κ2) is 10.3. The first kappa shape index (κ1) is 14.7. The van der Waals surface area contributed by atoms with Crippen molar-refractivity contribution >= 4 is 18.5 Å². The fourth-order valence-corrected chi connectivity index (χ4v) is 0.977. The van der Waals surface area contributed by atoms with E-state index in [9.17, 15) is 4.79 Å². The van der Waals surface area contributed by atoms with Crippen LogP contribution in [0.1, 0.15) is 13.3 Å². The molecule has 0 atom stereocenters. The number of hydrogen-bond acceptors (Lipinski definition) is 4. The third-order valence-corrected chi connectivity index (χ3v) is 2.24. The Kier molecular flexibility index (Phi) is 10.1. The van der Waals surface area contributed by atoms with Crippen LogP contribution in [-0.2, 0) is 14.3 Å². The Morgan fingerprint density at radius 2 is 1.80 bits per heavy atom. The average Bonchev–Trinajstić information content (AvgIpc) is 2.21. The highest BCUT2D eigenvalue weighted by Crippen LogP contribution is 1.87. The van der Waals surface area contributed by atoms with Crippen LogP contribution in [0.25, 0.3) is 0 Å². The summed E-state index contributed by atoms with van der Waals surface area (Å²) < 4.78 is 10.6. The Bertz CT molecular complexity index is 167. The number of ether oxygens (including phenoxy) is 2. The maximum atomic E-state index is 10.8. The molecular formula is C10H21NO3S. The van der Waals surface area contributed by atoms with Crippen LogP contribution in [0.15, 0.2) is 0 Å². The molecule has 1 amide bonds. The van der Waals surface area contributed by atoms with Gasteiger partial charge in [-0.3, -0.25) is 4.79 Å². The molecule has 0 rings (SSSR count). The van der Waals surface area contributed by atoms with E-state index in [1.807, 2.05) is 0 Å². The normalized spacial score (nSPS) is 10.3. The average molecular weight is 235 g/mol. The number of carbonyl (C=O) groups excluding carboxylic acids is 1. The molecule has 0 aliphatic carbocycles. The Balaban J connectivity index is 3.08. The summed E-state index contributed by atoms with van der Waals surface area (Å²) in [6.07, 6.45) is 0.968. The zero-order valence-corrected chi connectivity index (χ0v) is 10.5. The van der Waals surface area contributed by atoms with E-state index < -0.39 is 0 Å². The molecule has 0 aromatic rings. The van der Waals surface area contributed by atoms with Crippen molar-refractivity contribution in [3.8, 4) is 0 Å². The number of rotatable bonds is 9. The number of likely N-dealkylation sites (N-methyl/N-ethyl adjacent to an activating group) is 1. The van der Waals surface area contributed by atoms with Gasteiger partial charge in [-0.2, -0.15) is 12.6 Å². The summed E-state index contributed by atoms with van der Waals surface area (Å²) in [5.74, 6) is 0.910. The molecule has 0 aliphatic heterocycles. The standard InChI is InChI=1S/C10H21NO3S/c1-10(12)11(2)4-6-14-8-7-13-5-3-9-15/h15H,3-9H2,1-2H3. The lowest BCUT2D eigenvalue weighted by molar-refractivity contribution is -0.128. The van der Waals surface area contributed by atoms with E-state index in [1.54, 1.807) is 18.9 Å². The second-order valence-corrected chi connectivity index (χ2v) is 3.69. The van der Waals surface area contributed by atoms with Gasteiger partial charge in [-0.15, -0.1) is 0 Å². The molecule has 4 nitrogen and oxygen atoms in total. The van der Waals surface area contributed by atoms with Gasteiger partial charge in [0.2, 0.25) is 5.91 Å². The maximum absolute atomic E-state index is 10.8. The molecule has 0 aromatic carbocycles. The quantitative estimate of drug-likeness (QED) is 0.475. The van der Waals surface area contributed by atoms with Crippen molar-refractivity contribution in [3.63, 3.8) is 0 Å². The molecule has 0 saturated carbocycles. The van der Waals surface area contributed by atoms with Crippen molar-refractivity contribution in [2.24, 2.45) is 0 Å². The van der Waals surface area contributed by atoms with Gasteiger partial charge in [-0.05, 0) is 12.2 Å². The number of amides is 1. The number of thiol groups is 1. The smallest absolute Gasteiger partial charge is 0.219 e. The monoisotopic (exact) mass is 235 g/mol. The zero-order chi connectivity index (χ0) is 11.5. The van der Waals surface area contributed by atoms with Crippen LogP contribution in [0.4, 0.5) is 0 Å². The molecule has 0 saturated heterocycles. The summed E-state index contributed by atoms with van der Waals surface area (Å²) in [6, 6.07) is 0. The lowest BCUT2D eigenvalue weighted by atomic mass is 10.5. The van der Waals surface area contributed by atoms with Crippen molar-refractivity contribution < 1.29 is 14.3 Å². The molecule has 5 heteroatoms. The van der Waals surface area contributed by atoms with Crippen molar-refractivity contribution in [1.29, 1.82) is 0 Å². The van der Waals surface area contributed by atoms with Gasteiger partial charge >= 0.3 is 0 Å². The molecular weight excluding hydrogens is 214 g/mol. The molecule has 0 heterocycles. The van der Waals surface area contributed by atoms with Gasteiger partial charge in [0.05, 0.1) is 19.8 Å². The van der Waals surface area contributed by atoms with E-state index in [0.29, 0.717) is 26.4 Å². The molecule has 0 spiro atoms. The predicted octanol–water partition coefficient (Wildman–Crippen LogP) is 0.818. The molecule has 0 aromatic heterocycles. The topological polar surface area (TPSA) is 38.8 Å². The van der Waals surface area contributed by atoms with E-state index in [-0.39, 0.29) is 5.91 Å². The molecule has 0 radical (unpaired) electrons. The second-order valence-electron chi connectivity index (χ2n) is 3.24. The van der Waals surface area contributed by atoms with E-state index >= 15 is 0 Å². The highest BCUT2D eigenvalue weighted by atomic mass is 32.1. The van der Waals surface area contributed by atoms with Gasteiger partial charge in [0, 0.05) is 27.1 Å². The zero-order valence-electron chi connectivity index (χ0n) is 9.57. The highest BCUT2D eigenvalue weighted by Gasteiger charge is 2.00. The van der Waals surface area contributed by atoms with Crippen molar-refractivity contribution in [3.05, 3.63) is 0 Å². The number of hydrogen-bond donors (Lipinski definition) is 1. The third-order valence-electron chi connectivity index (χ3n) is 1.93. The molecule has 0 N–H and O–H groups in total. The Labute approximate surface area is 97.3 Å². The third kappa shape index (κ3) is 10.0. The van der Waals surface area contributed by atoms with Crippen LogP contribution in [0.3, 0.4) is 0 Å². The first-order valence-electron chi connectivity index (χ1n) is 5.16. The summed E-state index contributed by atoms with van der Waals surface area (Å²) in [6.45, 7) is 4.66. The van der Waals surface area contributed by atoms with Crippen LogP contribution in [0.2, 0.25) is 0 Å². The SMILES string of the molecule is CC(=O)N(C)CCOCCOCCCS. The molecule has 0 aliphatic rings. The number of nitrogens with zero attached hydrogens (tertiary/aromatic N) is 1. The Hall–Kier alpha value is -0.260. The lowest BCUT2D eigenvalue weighted by Crippen LogP contribution is -2.28. The Morgan fingerprint density at radius 3 is 2.33 bits per heavy atom. The van der Waals surface area contributed by atoms with Gasteiger partial charge in [0.1, 0.15) is 0 Å². The lowest BCUT2D eigenvalue weighted by Gasteiger charge is -2.14. The fourth-order valence-electron chi connectivity index (χ4n) is 0.848. The summed E-state index contributed by atoms with van der Waals surface area (Å²) >= 11 is 4.07. The summed E-state index contributed by atoms with van der Waals surface area (Å²) in [4.78, 5) is 12.4. The minimum Gasteiger partial charge on any atom is -0.379 e. The minimum absolute atomic E-state index is 0.0589. The van der Waals surface area contributed by atoms with Crippen LogP contribution in [0.5, 0.6) is 0 Å². The van der Waals surface area contributed by atoms with Crippen molar-refractivity contribution in [2.75, 3.05) is 45.8 Å². The highest BCUT2D eigenvalue weighted by molar-refractivity contribution is 7.80. The molecule has 90 valence electrons. The van der Waals surface area contributed by atoms with Gasteiger partial charge in [0.15, 0.2) is 0 Å². The predicted molar refractivity (Wildman–Crippen MR) is 63.4 cm³/mol. The van der Waals surface area contributed by atoms with Crippen LogP contribution < -0.4 is 0 Å². The summed E-state index contributed by atoms with van der Waals surface area (Å²) in [5.41, 5.74) is 0. The van der Waals surface area contributed by atoms with Crippen LogP contribution >= 0.6 is 12.6 Å². The van der Waals surface area contributed by atoms with E-state index in [1.165, 1.54) is 0 Å². The molecule has 0 fully saturated rings. The first-order chi connectivity index (χ1) is 7.18. The van der Waals surface area contributed by atoms with Gasteiger partial charge in [-0.1, -0.05) is 0 Å². The molecule has 0 unspecified atom stereocenters. The minimum atomic E-state index is 0.0589. The van der Waals surface area contributed by atoms with E-state index in [0.717, 1.165) is 18.8 Å². The fraction of sp³-hybridized carbons (Fsp3) is 0.900. The van der Waals surface area contributed by atoms with Crippen molar-refractivity contribution in [2.45, 2.75) is 13.3 Å². The van der Waals surface area contributed by atoms with Crippen molar-refractivity contribution in [1.82, 2.24) is 4.90 Å². The maximum Gasteiger partial charge on any atom is 0.219 e. The first-order valence-corrected chi connectivity index (χ1v) is 5.79. The van der Waals surface area contributed by atoms with Gasteiger partial charge < -0.3 is 14.4 Å². The van der Waals surface area contributed by atoms with Crippen LogP contribution in [0, 0.1) is 0 Å². The summed E-state index contributed by atoms with van der Waals surface area (Å²) in [7, 11) is 1.76.